The molecule has 1 heterocycles. The second-order valence-corrected chi connectivity index (χ2v) is 4.11. The third-order valence-electron chi connectivity index (χ3n) is 2.71. The Labute approximate surface area is 114 Å². The molecule has 110 valence electrons. The van der Waals surface area contributed by atoms with Gasteiger partial charge in [0.1, 0.15) is 17.1 Å². The fraction of sp³-hybridized carbons (Fsp3) is 0.0769. The number of carboxylic acid groups (broad SMARTS) is 1. The van der Waals surface area contributed by atoms with Gasteiger partial charge in [0.15, 0.2) is 0 Å². The van der Waals surface area contributed by atoms with Crippen LogP contribution in [0.1, 0.15) is 16.1 Å². The molecule has 1 aromatic heterocycles. The molecule has 0 unspecified atom stereocenters. The zero-order valence-corrected chi connectivity index (χ0v) is 10.2. The van der Waals surface area contributed by atoms with Crippen molar-refractivity contribution in [1.29, 1.82) is 0 Å². The lowest BCUT2D eigenvalue weighted by molar-refractivity contribution is -0.141. The Morgan fingerprint density at radius 2 is 1.71 bits per heavy atom. The fourth-order valence-electron chi connectivity index (χ4n) is 1.78. The highest BCUT2D eigenvalue weighted by atomic mass is 19.4. The van der Waals surface area contributed by atoms with Gasteiger partial charge in [0.2, 0.25) is 0 Å². The molecule has 2 rings (SSSR count). The van der Waals surface area contributed by atoms with Gasteiger partial charge >= 0.3 is 12.1 Å². The van der Waals surface area contributed by atoms with E-state index in [1.807, 2.05) is 0 Å². The third-order valence-corrected chi connectivity index (χ3v) is 2.71. The number of carboxylic acids is 1. The maximum Gasteiger partial charge on any atom is 0.431 e. The first-order valence-electron chi connectivity index (χ1n) is 5.54. The standard InChI is InChI=1S/C13H7F4NO3/c14-7-3-1-6(2-4-7)8-5-9(13(15,16)17)18-11(19)10(8)12(20)21/h1-5H,(H,18,19)(H,20,21). The van der Waals surface area contributed by atoms with Gasteiger partial charge in [-0.15, -0.1) is 0 Å². The van der Waals surface area contributed by atoms with Gasteiger partial charge in [-0.05, 0) is 23.8 Å². The first-order valence-corrected chi connectivity index (χ1v) is 5.54. The summed E-state index contributed by atoms with van der Waals surface area (Å²) in [5, 5.41) is 8.98. The molecule has 2 N–H and O–H groups in total. The Hall–Kier alpha value is -2.64. The number of alkyl halides is 3. The van der Waals surface area contributed by atoms with Crippen molar-refractivity contribution < 1.29 is 27.5 Å². The summed E-state index contributed by atoms with van der Waals surface area (Å²) in [5.41, 5.74) is -4.04. The average Bonchev–Trinajstić information content (AvgIpc) is 2.37. The quantitative estimate of drug-likeness (QED) is 0.838. The number of carbonyl (C=O) groups is 1. The lowest BCUT2D eigenvalue weighted by atomic mass is 10.00. The lowest BCUT2D eigenvalue weighted by Gasteiger charge is -2.11. The summed E-state index contributed by atoms with van der Waals surface area (Å²) < 4.78 is 50.9. The minimum absolute atomic E-state index is 0.00889. The van der Waals surface area contributed by atoms with Crippen molar-refractivity contribution in [2.75, 3.05) is 0 Å². The molecule has 0 spiro atoms. The summed E-state index contributed by atoms with van der Waals surface area (Å²) >= 11 is 0. The van der Waals surface area contributed by atoms with Crippen LogP contribution in [0.5, 0.6) is 0 Å². The Bertz CT molecular complexity index is 747. The molecule has 2 aromatic rings. The molecule has 0 saturated heterocycles. The number of pyridine rings is 1. The molecule has 8 heteroatoms. The van der Waals surface area contributed by atoms with Crippen molar-refractivity contribution in [2.45, 2.75) is 6.18 Å². The summed E-state index contributed by atoms with van der Waals surface area (Å²) in [7, 11) is 0. The van der Waals surface area contributed by atoms with E-state index in [1.54, 1.807) is 0 Å². The van der Waals surface area contributed by atoms with Crippen LogP contribution in [0.25, 0.3) is 11.1 Å². The summed E-state index contributed by atoms with van der Waals surface area (Å²) in [6, 6.07) is 4.61. The highest BCUT2D eigenvalue weighted by Crippen LogP contribution is 2.31. The number of nitrogens with one attached hydrogen (secondary N) is 1. The summed E-state index contributed by atoms with van der Waals surface area (Å²) in [6.07, 6.45) is -4.84. The largest absolute Gasteiger partial charge is 0.477 e. The molecule has 0 atom stereocenters. The minimum Gasteiger partial charge on any atom is -0.477 e. The summed E-state index contributed by atoms with van der Waals surface area (Å²) in [4.78, 5) is 24.1. The Kier molecular flexibility index (Phi) is 3.54. The number of rotatable bonds is 2. The zero-order valence-electron chi connectivity index (χ0n) is 10.2. The highest BCUT2D eigenvalue weighted by molar-refractivity contribution is 5.95. The maximum absolute atomic E-state index is 12.8. The fourth-order valence-corrected chi connectivity index (χ4v) is 1.78. The Morgan fingerprint density at radius 1 is 1.14 bits per heavy atom. The van der Waals surface area contributed by atoms with E-state index < -0.39 is 40.3 Å². The van der Waals surface area contributed by atoms with Crippen LogP contribution in [0.2, 0.25) is 0 Å². The monoisotopic (exact) mass is 301 g/mol. The van der Waals surface area contributed by atoms with Gasteiger partial charge in [0, 0.05) is 5.56 Å². The van der Waals surface area contributed by atoms with Gasteiger partial charge in [0.25, 0.3) is 5.56 Å². The van der Waals surface area contributed by atoms with E-state index in [4.69, 9.17) is 5.11 Å². The van der Waals surface area contributed by atoms with Gasteiger partial charge in [-0.3, -0.25) is 4.79 Å². The molecular weight excluding hydrogens is 294 g/mol. The number of aromatic nitrogens is 1. The number of H-pyrrole nitrogens is 1. The second kappa shape index (κ2) is 5.04. The van der Waals surface area contributed by atoms with E-state index in [0.29, 0.717) is 6.07 Å². The number of aromatic amines is 1. The van der Waals surface area contributed by atoms with Crippen LogP contribution in [-0.2, 0) is 6.18 Å². The molecule has 0 amide bonds. The predicted octanol–water partition coefficient (Wildman–Crippen LogP) is 2.90. The van der Waals surface area contributed by atoms with Crippen molar-refractivity contribution in [3.8, 4) is 11.1 Å². The molecule has 0 aliphatic rings. The molecule has 0 radical (unpaired) electrons. The molecule has 0 bridgehead atoms. The van der Waals surface area contributed by atoms with Crippen molar-refractivity contribution in [3.63, 3.8) is 0 Å². The molecule has 1 aromatic carbocycles. The van der Waals surface area contributed by atoms with Crippen LogP contribution in [-0.4, -0.2) is 16.1 Å². The lowest BCUT2D eigenvalue weighted by Crippen LogP contribution is -2.23. The van der Waals surface area contributed by atoms with Crippen molar-refractivity contribution >= 4 is 5.97 Å². The first-order chi connectivity index (χ1) is 9.70. The Balaban J connectivity index is 2.77. The smallest absolute Gasteiger partial charge is 0.431 e. The van der Waals surface area contributed by atoms with Crippen LogP contribution in [0, 0.1) is 5.82 Å². The number of aromatic carboxylic acids is 1. The van der Waals surface area contributed by atoms with Gasteiger partial charge in [-0.1, -0.05) is 12.1 Å². The molecule has 0 aliphatic heterocycles. The Morgan fingerprint density at radius 3 is 2.19 bits per heavy atom. The molecule has 0 saturated carbocycles. The molecule has 0 fully saturated rings. The first kappa shape index (κ1) is 14.8. The van der Waals surface area contributed by atoms with Crippen LogP contribution < -0.4 is 5.56 Å². The van der Waals surface area contributed by atoms with E-state index in [-0.39, 0.29) is 5.56 Å². The van der Waals surface area contributed by atoms with E-state index in [0.717, 1.165) is 24.3 Å². The van der Waals surface area contributed by atoms with Crippen LogP contribution in [0.15, 0.2) is 35.1 Å². The molecular formula is C13H7F4NO3. The number of halogens is 4. The van der Waals surface area contributed by atoms with Crippen LogP contribution in [0.4, 0.5) is 17.6 Å². The predicted molar refractivity (Wildman–Crippen MR) is 64.4 cm³/mol. The average molecular weight is 301 g/mol. The molecule has 4 nitrogen and oxygen atoms in total. The van der Waals surface area contributed by atoms with Crippen LogP contribution >= 0.6 is 0 Å². The maximum atomic E-state index is 12.8. The van der Waals surface area contributed by atoms with E-state index >= 15 is 0 Å². The topological polar surface area (TPSA) is 70.2 Å². The van der Waals surface area contributed by atoms with Gasteiger partial charge in [-0.2, -0.15) is 13.2 Å². The minimum atomic E-state index is -4.84. The van der Waals surface area contributed by atoms with Gasteiger partial charge in [-0.25, -0.2) is 9.18 Å². The number of benzene rings is 1. The molecule has 0 aliphatic carbocycles. The normalized spacial score (nSPS) is 11.4. The molecule has 21 heavy (non-hydrogen) atoms. The summed E-state index contributed by atoms with van der Waals surface area (Å²) in [6.45, 7) is 0. The number of hydrogen-bond acceptors (Lipinski definition) is 2. The van der Waals surface area contributed by atoms with Crippen LogP contribution in [0.3, 0.4) is 0 Å². The zero-order chi connectivity index (χ0) is 15.8. The van der Waals surface area contributed by atoms with Gasteiger partial charge < -0.3 is 10.1 Å². The van der Waals surface area contributed by atoms with E-state index in [9.17, 15) is 27.2 Å². The van der Waals surface area contributed by atoms with E-state index in [1.165, 1.54) is 4.98 Å². The van der Waals surface area contributed by atoms with Gasteiger partial charge in [0.05, 0.1) is 0 Å². The number of hydrogen-bond donors (Lipinski definition) is 2. The highest BCUT2D eigenvalue weighted by Gasteiger charge is 2.34. The SMILES string of the molecule is O=C(O)c1c(-c2ccc(F)cc2)cc(C(F)(F)F)[nH]c1=O. The third kappa shape index (κ3) is 2.93. The second-order valence-electron chi connectivity index (χ2n) is 4.11. The van der Waals surface area contributed by atoms with Crippen molar-refractivity contribution in [3.05, 3.63) is 57.8 Å². The van der Waals surface area contributed by atoms with Crippen molar-refractivity contribution in [1.82, 2.24) is 4.98 Å². The van der Waals surface area contributed by atoms with E-state index in [2.05, 4.69) is 0 Å². The van der Waals surface area contributed by atoms with Crippen molar-refractivity contribution in [2.24, 2.45) is 0 Å². The summed E-state index contributed by atoms with van der Waals surface area (Å²) in [5.74, 6) is -2.32.